The Kier molecular flexibility index (Phi) is 4.98. The Morgan fingerprint density at radius 2 is 1.91 bits per heavy atom. The molecule has 0 aliphatic carbocycles. The van der Waals surface area contributed by atoms with Crippen molar-refractivity contribution in [1.29, 1.82) is 0 Å². The minimum atomic E-state index is -2.30. The van der Waals surface area contributed by atoms with Crippen molar-refractivity contribution in [3.63, 3.8) is 0 Å². The predicted octanol–water partition coefficient (Wildman–Crippen LogP) is 1.82. The third-order valence-corrected chi connectivity index (χ3v) is 1.89. The molecule has 0 heterocycles. The summed E-state index contributed by atoms with van der Waals surface area (Å²) in [6.07, 6.45) is 0. The molecule has 0 bridgehead atoms. The SMILES string of the molecule is COCC(C)COP(C)(C)=O. The summed E-state index contributed by atoms with van der Waals surface area (Å²) >= 11 is 0. The molecule has 0 fully saturated rings. The average Bonchev–Trinajstić information content (AvgIpc) is 1.83. The van der Waals surface area contributed by atoms with E-state index in [4.69, 9.17) is 9.26 Å². The summed E-state index contributed by atoms with van der Waals surface area (Å²) in [6.45, 7) is 6.40. The highest BCUT2D eigenvalue weighted by atomic mass is 31.2. The van der Waals surface area contributed by atoms with E-state index in [2.05, 4.69) is 0 Å². The zero-order valence-corrected chi connectivity index (χ0v) is 8.56. The van der Waals surface area contributed by atoms with Crippen LogP contribution in [-0.4, -0.2) is 33.7 Å². The molecule has 0 rings (SSSR count). The van der Waals surface area contributed by atoms with Gasteiger partial charge < -0.3 is 9.26 Å². The van der Waals surface area contributed by atoms with Crippen LogP contribution in [0.2, 0.25) is 0 Å². The molecule has 0 spiro atoms. The monoisotopic (exact) mass is 180 g/mol. The fourth-order valence-corrected chi connectivity index (χ4v) is 1.25. The Balaban J connectivity index is 3.46. The zero-order chi connectivity index (χ0) is 8.91. The summed E-state index contributed by atoms with van der Waals surface area (Å²) in [7, 11) is -0.652. The van der Waals surface area contributed by atoms with E-state index in [0.717, 1.165) is 0 Å². The van der Waals surface area contributed by atoms with E-state index in [1.165, 1.54) is 0 Å². The third-order valence-electron chi connectivity index (χ3n) is 1.12. The molecule has 0 aliphatic rings. The van der Waals surface area contributed by atoms with Crippen molar-refractivity contribution in [2.75, 3.05) is 33.7 Å². The van der Waals surface area contributed by atoms with Gasteiger partial charge in [-0.3, -0.25) is 4.57 Å². The van der Waals surface area contributed by atoms with Crippen molar-refractivity contribution in [3.8, 4) is 0 Å². The first kappa shape index (κ1) is 11.2. The summed E-state index contributed by atoms with van der Waals surface area (Å²) in [5.74, 6) is 0.313. The van der Waals surface area contributed by atoms with Crippen LogP contribution < -0.4 is 0 Å². The van der Waals surface area contributed by atoms with Gasteiger partial charge in [0.25, 0.3) is 0 Å². The fraction of sp³-hybridized carbons (Fsp3) is 1.00. The minimum absolute atomic E-state index is 0.313. The van der Waals surface area contributed by atoms with Gasteiger partial charge in [-0.05, 0) is 0 Å². The van der Waals surface area contributed by atoms with Crippen LogP contribution in [0.5, 0.6) is 0 Å². The van der Waals surface area contributed by atoms with Gasteiger partial charge in [-0.2, -0.15) is 0 Å². The Morgan fingerprint density at radius 3 is 2.27 bits per heavy atom. The van der Waals surface area contributed by atoms with Crippen molar-refractivity contribution in [2.45, 2.75) is 6.92 Å². The Hall–Kier alpha value is 0.150. The van der Waals surface area contributed by atoms with E-state index < -0.39 is 7.37 Å². The van der Waals surface area contributed by atoms with Gasteiger partial charge in [0, 0.05) is 26.4 Å². The highest BCUT2D eigenvalue weighted by Gasteiger charge is 2.09. The molecule has 0 aromatic carbocycles. The van der Waals surface area contributed by atoms with Crippen LogP contribution in [0, 0.1) is 5.92 Å². The van der Waals surface area contributed by atoms with Gasteiger partial charge in [-0.15, -0.1) is 0 Å². The fourth-order valence-electron chi connectivity index (χ4n) is 0.639. The van der Waals surface area contributed by atoms with Crippen molar-refractivity contribution < 1.29 is 13.8 Å². The summed E-state index contributed by atoms with van der Waals surface area (Å²) in [6, 6.07) is 0. The van der Waals surface area contributed by atoms with E-state index in [1.54, 1.807) is 20.4 Å². The van der Waals surface area contributed by atoms with Crippen molar-refractivity contribution in [1.82, 2.24) is 0 Å². The maximum atomic E-state index is 11.1. The van der Waals surface area contributed by atoms with Crippen molar-refractivity contribution >= 4 is 7.37 Å². The zero-order valence-electron chi connectivity index (χ0n) is 7.66. The summed E-state index contributed by atoms with van der Waals surface area (Å²) in [5, 5.41) is 0. The lowest BCUT2D eigenvalue weighted by Gasteiger charge is -2.13. The molecule has 3 nitrogen and oxygen atoms in total. The highest BCUT2D eigenvalue weighted by molar-refractivity contribution is 7.57. The normalized spacial score (nSPS) is 14.9. The molecular weight excluding hydrogens is 163 g/mol. The highest BCUT2D eigenvalue weighted by Crippen LogP contribution is 2.37. The van der Waals surface area contributed by atoms with Crippen LogP contribution in [0.15, 0.2) is 0 Å². The second kappa shape index (κ2) is 4.91. The number of hydrogen-bond donors (Lipinski definition) is 0. The van der Waals surface area contributed by atoms with Gasteiger partial charge in [-0.25, -0.2) is 0 Å². The molecule has 1 unspecified atom stereocenters. The van der Waals surface area contributed by atoms with E-state index in [1.807, 2.05) is 6.92 Å². The van der Waals surface area contributed by atoms with Crippen LogP contribution in [-0.2, 0) is 13.8 Å². The predicted molar refractivity (Wildman–Crippen MR) is 46.4 cm³/mol. The maximum Gasteiger partial charge on any atom is 0.197 e. The quantitative estimate of drug-likeness (QED) is 0.605. The van der Waals surface area contributed by atoms with Crippen molar-refractivity contribution in [3.05, 3.63) is 0 Å². The lowest BCUT2D eigenvalue weighted by atomic mass is 10.2. The minimum Gasteiger partial charge on any atom is -0.384 e. The van der Waals surface area contributed by atoms with E-state index in [0.29, 0.717) is 19.1 Å². The van der Waals surface area contributed by atoms with Crippen LogP contribution in [0.25, 0.3) is 0 Å². The second-order valence-electron chi connectivity index (χ2n) is 3.11. The molecule has 0 amide bonds. The Morgan fingerprint density at radius 1 is 1.36 bits per heavy atom. The first-order valence-corrected chi connectivity index (χ1v) is 6.16. The maximum absolute atomic E-state index is 11.1. The number of methoxy groups -OCH3 is 1. The number of rotatable bonds is 5. The molecule has 0 aliphatic heterocycles. The van der Waals surface area contributed by atoms with Crippen LogP contribution in [0.4, 0.5) is 0 Å². The third kappa shape index (κ3) is 8.05. The summed E-state index contributed by atoms with van der Waals surface area (Å²) in [4.78, 5) is 0. The molecule has 0 saturated heterocycles. The van der Waals surface area contributed by atoms with Gasteiger partial charge in [0.05, 0.1) is 13.2 Å². The molecule has 4 heteroatoms. The van der Waals surface area contributed by atoms with Gasteiger partial charge >= 0.3 is 0 Å². The molecular formula is C7H17O3P. The van der Waals surface area contributed by atoms with E-state index in [9.17, 15) is 4.57 Å². The molecule has 1 atom stereocenters. The van der Waals surface area contributed by atoms with Crippen LogP contribution >= 0.6 is 7.37 Å². The molecule has 0 radical (unpaired) electrons. The molecule has 0 aromatic rings. The first-order valence-electron chi connectivity index (χ1n) is 3.64. The van der Waals surface area contributed by atoms with E-state index in [-0.39, 0.29) is 0 Å². The second-order valence-corrected chi connectivity index (χ2v) is 5.87. The molecule has 68 valence electrons. The standard InChI is InChI=1S/C7H17O3P/c1-7(5-9-2)6-10-11(3,4)8/h7H,5-6H2,1-4H3. The molecule has 0 saturated carbocycles. The van der Waals surface area contributed by atoms with Gasteiger partial charge in [0.2, 0.25) is 0 Å². The molecule has 0 N–H and O–H groups in total. The topological polar surface area (TPSA) is 35.5 Å². The van der Waals surface area contributed by atoms with Crippen LogP contribution in [0.3, 0.4) is 0 Å². The van der Waals surface area contributed by atoms with Crippen molar-refractivity contribution in [2.24, 2.45) is 5.92 Å². The summed E-state index contributed by atoms with van der Waals surface area (Å²) in [5.41, 5.74) is 0. The Bertz CT molecular complexity index is 141. The lowest BCUT2D eigenvalue weighted by Crippen LogP contribution is -2.10. The van der Waals surface area contributed by atoms with Crippen LogP contribution in [0.1, 0.15) is 6.92 Å². The molecule has 0 aromatic heterocycles. The van der Waals surface area contributed by atoms with Gasteiger partial charge in [0.15, 0.2) is 7.37 Å². The largest absolute Gasteiger partial charge is 0.384 e. The number of ether oxygens (including phenoxy) is 1. The number of hydrogen-bond acceptors (Lipinski definition) is 3. The Labute approximate surface area is 68.5 Å². The molecule has 11 heavy (non-hydrogen) atoms. The summed E-state index contributed by atoms with van der Waals surface area (Å²) < 4.78 is 21.1. The first-order chi connectivity index (χ1) is 4.95. The van der Waals surface area contributed by atoms with E-state index >= 15 is 0 Å². The lowest BCUT2D eigenvalue weighted by molar-refractivity contribution is 0.129. The average molecular weight is 180 g/mol. The van der Waals surface area contributed by atoms with Gasteiger partial charge in [-0.1, -0.05) is 6.92 Å². The van der Waals surface area contributed by atoms with Gasteiger partial charge in [0.1, 0.15) is 0 Å². The smallest absolute Gasteiger partial charge is 0.197 e.